The number of nitrogens with one attached hydrogen (secondary N) is 2. The summed E-state index contributed by atoms with van der Waals surface area (Å²) in [4.78, 5) is 47.6. The third kappa shape index (κ3) is 8.29. The summed E-state index contributed by atoms with van der Waals surface area (Å²) in [5, 5.41) is 6.01. The molecule has 2 amide bonds. The maximum Gasteiger partial charge on any atom is 0.412 e. The van der Waals surface area contributed by atoms with Gasteiger partial charge in [0.05, 0.1) is 10.9 Å². The van der Waals surface area contributed by atoms with Crippen molar-refractivity contribution in [2.24, 2.45) is 5.92 Å². The molecule has 38 heavy (non-hydrogen) atoms. The number of aromatic nitrogens is 2. The highest BCUT2D eigenvalue weighted by Crippen LogP contribution is 2.24. The van der Waals surface area contributed by atoms with Crippen molar-refractivity contribution in [3.8, 4) is 0 Å². The van der Waals surface area contributed by atoms with Gasteiger partial charge in [0.15, 0.2) is 0 Å². The van der Waals surface area contributed by atoms with Gasteiger partial charge in [-0.3, -0.25) is 15.1 Å². The van der Waals surface area contributed by atoms with Gasteiger partial charge in [-0.15, -0.1) is 0 Å². The lowest BCUT2D eigenvalue weighted by atomic mass is 10.0. The number of likely N-dealkylation sites (N-methyl/N-ethyl adjacent to an activating group) is 1. The summed E-state index contributed by atoms with van der Waals surface area (Å²) in [5.41, 5.74) is 1.40. The SMILES string of the molecule is Cc1c(NC(=O)OC(C)(C)C)ccc2nc(NCCC(C)CC(=O)N(C)CCc3ccncc3)oc(=O)c12. The normalized spacial score (nSPS) is 12.2. The largest absolute Gasteiger partial charge is 0.444 e. The number of carbonyl (C=O) groups excluding carboxylic acids is 2. The molecule has 1 aromatic carbocycles. The molecule has 10 nitrogen and oxygen atoms in total. The van der Waals surface area contributed by atoms with E-state index >= 15 is 0 Å². The van der Waals surface area contributed by atoms with E-state index in [-0.39, 0.29) is 23.2 Å². The monoisotopic (exact) mass is 523 g/mol. The van der Waals surface area contributed by atoms with Crippen LogP contribution in [0.2, 0.25) is 0 Å². The summed E-state index contributed by atoms with van der Waals surface area (Å²) in [6.07, 6.45) is 4.80. The zero-order valence-corrected chi connectivity index (χ0v) is 23.0. The zero-order valence-electron chi connectivity index (χ0n) is 23.0. The van der Waals surface area contributed by atoms with Crippen molar-refractivity contribution in [3.05, 3.63) is 58.2 Å². The maximum atomic E-state index is 12.7. The second-order valence-electron chi connectivity index (χ2n) is 10.5. The van der Waals surface area contributed by atoms with Gasteiger partial charge in [-0.05, 0) is 81.8 Å². The van der Waals surface area contributed by atoms with Gasteiger partial charge in [0, 0.05) is 44.6 Å². The number of aryl methyl sites for hydroxylation is 1. The van der Waals surface area contributed by atoms with Crippen LogP contribution in [-0.2, 0) is 16.0 Å². The van der Waals surface area contributed by atoms with Crippen LogP contribution < -0.4 is 16.3 Å². The van der Waals surface area contributed by atoms with E-state index in [1.165, 1.54) is 0 Å². The summed E-state index contributed by atoms with van der Waals surface area (Å²) in [5.74, 6) is 0.225. The number of anilines is 2. The minimum atomic E-state index is -0.642. The van der Waals surface area contributed by atoms with E-state index in [1.807, 2.05) is 26.1 Å². The first kappa shape index (κ1) is 28.6. The van der Waals surface area contributed by atoms with Gasteiger partial charge in [-0.1, -0.05) is 6.92 Å². The van der Waals surface area contributed by atoms with E-state index in [0.717, 1.165) is 12.0 Å². The van der Waals surface area contributed by atoms with Crippen molar-refractivity contribution in [2.75, 3.05) is 30.8 Å². The van der Waals surface area contributed by atoms with Gasteiger partial charge in [-0.2, -0.15) is 4.98 Å². The lowest BCUT2D eigenvalue weighted by molar-refractivity contribution is -0.130. The number of ether oxygens (including phenoxy) is 1. The second-order valence-corrected chi connectivity index (χ2v) is 10.5. The van der Waals surface area contributed by atoms with Crippen LogP contribution in [0.3, 0.4) is 0 Å². The average molecular weight is 524 g/mol. The summed E-state index contributed by atoms with van der Waals surface area (Å²) >= 11 is 0. The third-order valence-electron chi connectivity index (χ3n) is 6.04. The molecule has 0 saturated heterocycles. The van der Waals surface area contributed by atoms with E-state index in [4.69, 9.17) is 9.15 Å². The van der Waals surface area contributed by atoms with Gasteiger partial charge in [0.2, 0.25) is 5.91 Å². The van der Waals surface area contributed by atoms with Crippen molar-refractivity contribution in [1.29, 1.82) is 0 Å². The lowest BCUT2D eigenvalue weighted by Gasteiger charge is -2.20. The highest BCUT2D eigenvalue weighted by Gasteiger charge is 2.19. The smallest absolute Gasteiger partial charge is 0.412 e. The number of rotatable bonds is 10. The molecule has 0 spiro atoms. The molecule has 0 aliphatic carbocycles. The number of pyridine rings is 1. The third-order valence-corrected chi connectivity index (χ3v) is 6.04. The van der Waals surface area contributed by atoms with Crippen molar-refractivity contribution in [2.45, 2.75) is 59.5 Å². The van der Waals surface area contributed by atoms with E-state index in [0.29, 0.717) is 42.7 Å². The molecule has 2 N–H and O–H groups in total. The van der Waals surface area contributed by atoms with Crippen LogP contribution in [0.15, 0.2) is 45.9 Å². The fraction of sp³-hybridized carbons (Fsp3) is 0.464. The minimum absolute atomic E-state index is 0.0909. The Hall–Kier alpha value is -3.95. The second kappa shape index (κ2) is 12.5. The van der Waals surface area contributed by atoms with Gasteiger partial charge in [0.1, 0.15) is 5.60 Å². The first-order valence-electron chi connectivity index (χ1n) is 12.7. The summed E-state index contributed by atoms with van der Waals surface area (Å²) < 4.78 is 10.7. The van der Waals surface area contributed by atoms with E-state index in [2.05, 4.69) is 20.6 Å². The van der Waals surface area contributed by atoms with E-state index < -0.39 is 17.3 Å². The minimum Gasteiger partial charge on any atom is -0.444 e. The molecule has 0 bridgehead atoms. The van der Waals surface area contributed by atoms with E-state index in [1.54, 1.807) is 57.1 Å². The Morgan fingerprint density at radius 2 is 1.87 bits per heavy atom. The van der Waals surface area contributed by atoms with Crippen molar-refractivity contribution in [3.63, 3.8) is 0 Å². The Kier molecular flexibility index (Phi) is 9.44. The molecule has 3 rings (SSSR count). The van der Waals surface area contributed by atoms with Gasteiger partial charge in [-0.25, -0.2) is 9.59 Å². The predicted molar refractivity (Wildman–Crippen MR) is 147 cm³/mol. The van der Waals surface area contributed by atoms with Crippen LogP contribution in [0.4, 0.5) is 16.5 Å². The fourth-order valence-electron chi connectivity index (χ4n) is 3.90. The van der Waals surface area contributed by atoms with Gasteiger partial charge < -0.3 is 19.4 Å². The standard InChI is InChI=1S/C28H37N5O5/c1-18(17-23(34)33(6)16-12-20-10-13-29-14-11-20)9-15-30-26-31-22-8-7-21(19(2)24(22)25(35)37-26)32-27(36)38-28(3,4)5/h7-8,10-11,13-14,18H,9,12,15-17H2,1-6H3,(H,30,31)(H,32,36). The molecule has 0 fully saturated rings. The van der Waals surface area contributed by atoms with Crippen LogP contribution in [0.1, 0.15) is 51.7 Å². The quantitative estimate of drug-likeness (QED) is 0.389. The molecule has 3 aromatic rings. The highest BCUT2D eigenvalue weighted by atomic mass is 16.6. The van der Waals surface area contributed by atoms with Crippen LogP contribution in [0.5, 0.6) is 0 Å². The van der Waals surface area contributed by atoms with Crippen LogP contribution >= 0.6 is 0 Å². The van der Waals surface area contributed by atoms with Crippen molar-refractivity contribution in [1.82, 2.24) is 14.9 Å². The number of fused-ring (bicyclic) bond motifs is 1. The number of hydrogen-bond acceptors (Lipinski definition) is 8. The van der Waals surface area contributed by atoms with Gasteiger partial charge in [0.25, 0.3) is 6.01 Å². The lowest BCUT2D eigenvalue weighted by Crippen LogP contribution is -2.30. The first-order chi connectivity index (χ1) is 17.9. The molecular weight excluding hydrogens is 486 g/mol. The first-order valence-corrected chi connectivity index (χ1v) is 12.7. The zero-order chi connectivity index (χ0) is 27.9. The Labute approximate surface area is 222 Å². The number of benzene rings is 1. The number of hydrogen-bond donors (Lipinski definition) is 2. The average Bonchev–Trinajstić information content (AvgIpc) is 2.83. The molecule has 2 aromatic heterocycles. The Bertz CT molecular complexity index is 1320. The maximum absolute atomic E-state index is 12.7. The Morgan fingerprint density at radius 3 is 2.55 bits per heavy atom. The molecule has 0 aliphatic heterocycles. The highest BCUT2D eigenvalue weighted by molar-refractivity contribution is 5.93. The molecule has 2 heterocycles. The van der Waals surface area contributed by atoms with Crippen LogP contribution in [-0.4, -0.2) is 52.6 Å². The molecule has 1 unspecified atom stereocenters. The molecule has 0 aliphatic rings. The number of amides is 2. The molecular formula is C28H37N5O5. The molecule has 204 valence electrons. The predicted octanol–water partition coefficient (Wildman–Crippen LogP) is 4.77. The Morgan fingerprint density at radius 1 is 1.16 bits per heavy atom. The van der Waals surface area contributed by atoms with Crippen LogP contribution in [0.25, 0.3) is 10.9 Å². The van der Waals surface area contributed by atoms with Crippen molar-refractivity contribution >= 4 is 34.6 Å². The Balaban J connectivity index is 1.53. The van der Waals surface area contributed by atoms with Crippen molar-refractivity contribution < 1.29 is 18.7 Å². The molecule has 0 radical (unpaired) electrons. The molecule has 1 atom stereocenters. The summed E-state index contributed by atoms with van der Waals surface area (Å²) in [7, 11) is 1.82. The van der Waals surface area contributed by atoms with Gasteiger partial charge >= 0.3 is 11.7 Å². The summed E-state index contributed by atoms with van der Waals surface area (Å²) in [6.45, 7) is 10.2. The van der Waals surface area contributed by atoms with Crippen LogP contribution in [0, 0.1) is 12.8 Å². The number of nitrogens with zero attached hydrogens (tertiary/aromatic N) is 3. The topological polar surface area (TPSA) is 127 Å². The molecule has 0 saturated carbocycles. The molecule has 10 heteroatoms. The van der Waals surface area contributed by atoms with E-state index in [9.17, 15) is 14.4 Å². The fourth-order valence-corrected chi connectivity index (χ4v) is 3.90. The number of carbonyl (C=O) groups is 2. The summed E-state index contributed by atoms with van der Waals surface area (Å²) in [6, 6.07) is 7.35.